The molecule has 0 atom stereocenters. The van der Waals surface area contributed by atoms with E-state index in [9.17, 15) is 9.59 Å². The van der Waals surface area contributed by atoms with Crippen LogP contribution in [0.1, 0.15) is 23.3 Å². The van der Waals surface area contributed by atoms with Crippen molar-refractivity contribution in [2.24, 2.45) is 0 Å². The van der Waals surface area contributed by atoms with Gasteiger partial charge in [0, 0.05) is 23.2 Å². The molecule has 8 heteroatoms. The molecule has 1 aromatic heterocycles. The van der Waals surface area contributed by atoms with Gasteiger partial charge in [0.1, 0.15) is 6.54 Å². The molecule has 1 heterocycles. The molecule has 0 bridgehead atoms. The SMILES string of the molecule is COc1ccc(CCN(Cc2cccs2)C(=O)CN(C(=O)Nc2ccccc2)C2CC2)cc1OC. The second kappa shape index (κ2) is 11.8. The summed E-state index contributed by atoms with van der Waals surface area (Å²) >= 11 is 1.62. The molecule has 1 N–H and O–H groups in total. The minimum Gasteiger partial charge on any atom is -0.493 e. The summed E-state index contributed by atoms with van der Waals surface area (Å²) in [5, 5.41) is 4.94. The predicted molar refractivity (Wildman–Crippen MR) is 138 cm³/mol. The second-order valence-corrected chi connectivity index (χ2v) is 9.52. The monoisotopic (exact) mass is 493 g/mol. The number of hydrogen-bond acceptors (Lipinski definition) is 5. The molecule has 0 radical (unpaired) electrons. The van der Waals surface area contributed by atoms with Crippen molar-refractivity contribution in [3.8, 4) is 11.5 Å². The van der Waals surface area contributed by atoms with Crippen molar-refractivity contribution in [1.29, 1.82) is 0 Å². The largest absolute Gasteiger partial charge is 0.493 e. The van der Waals surface area contributed by atoms with E-state index in [1.165, 1.54) is 0 Å². The Morgan fingerprint density at radius 1 is 1.00 bits per heavy atom. The number of methoxy groups -OCH3 is 2. The Bertz CT molecular complexity index is 1120. The molecule has 0 unspecified atom stereocenters. The first-order valence-electron chi connectivity index (χ1n) is 11.7. The number of ether oxygens (including phenoxy) is 2. The summed E-state index contributed by atoms with van der Waals surface area (Å²) < 4.78 is 10.8. The first-order valence-corrected chi connectivity index (χ1v) is 12.6. The summed E-state index contributed by atoms with van der Waals surface area (Å²) in [6, 6.07) is 19.0. The van der Waals surface area contributed by atoms with E-state index in [4.69, 9.17) is 9.47 Å². The molecule has 1 aliphatic carbocycles. The van der Waals surface area contributed by atoms with Gasteiger partial charge in [-0.3, -0.25) is 4.79 Å². The van der Waals surface area contributed by atoms with Crippen molar-refractivity contribution < 1.29 is 19.1 Å². The van der Waals surface area contributed by atoms with E-state index in [2.05, 4.69) is 5.32 Å². The lowest BCUT2D eigenvalue weighted by Crippen LogP contribution is -2.45. The standard InChI is InChI=1S/C27H31N3O4S/c1-33-24-13-10-20(17-25(24)34-2)14-15-29(18-23-9-6-16-35-23)26(31)19-30(22-11-12-22)27(32)28-21-7-4-3-5-8-21/h3-10,13,16-17,22H,11-12,14-15,18-19H2,1-2H3,(H,28,32). The third kappa shape index (κ3) is 6.76. The highest BCUT2D eigenvalue weighted by Gasteiger charge is 2.35. The van der Waals surface area contributed by atoms with Crippen molar-refractivity contribution in [3.05, 3.63) is 76.5 Å². The molecule has 0 spiro atoms. The Hall–Kier alpha value is -3.52. The molecule has 7 nitrogen and oxygen atoms in total. The second-order valence-electron chi connectivity index (χ2n) is 8.49. The van der Waals surface area contributed by atoms with Crippen LogP contribution in [-0.2, 0) is 17.8 Å². The topological polar surface area (TPSA) is 71.1 Å². The van der Waals surface area contributed by atoms with Gasteiger partial charge in [0.2, 0.25) is 5.91 Å². The molecular weight excluding hydrogens is 462 g/mol. The molecule has 35 heavy (non-hydrogen) atoms. The minimum absolute atomic E-state index is 0.0562. The summed E-state index contributed by atoms with van der Waals surface area (Å²) in [5.74, 6) is 1.28. The van der Waals surface area contributed by atoms with Gasteiger partial charge in [0.15, 0.2) is 11.5 Å². The predicted octanol–water partition coefficient (Wildman–Crippen LogP) is 5.03. The Morgan fingerprint density at radius 3 is 2.43 bits per heavy atom. The van der Waals surface area contributed by atoms with Crippen LogP contribution < -0.4 is 14.8 Å². The van der Waals surface area contributed by atoms with Crippen LogP contribution in [0.25, 0.3) is 0 Å². The fourth-order valence-corrected chi connectivity index (χ4v) is 4.62. The maximum absolute atomic E-state index is 13.5. The maximum atomic E-state index is 13.5. The van der Waals surface area contributed by atoms with E-state index >= 15 is 0 Å². The lowest BCUT2D eigenvalue weighted by atomic mass is 10.1. The molecule has 184 valence electrons. The molecule has 3 aromatic rings. The lowest BCUT2D eigenvalue weighted by Gasteiger charge is -2.28. The number of anilines is 1. The van der Waals surface area contributed by atoms with Gasteiger partial charge in [-0.25, -0.2) is 4.79 Å². The Morgan fingerprint density at radius 2 is 1.77 bits per heavy atom. The summed E-state index contributed by atoms with van der Waals surface area (Å²) in [5.41, 5.74) is 1.77. The number of nitrogens with one attached hydrogen (secondary N) is 1. The molecular formula is C27H31N3O4S. The molecule has 1 saturated carbocycles. The van der Waals surface area contributed by atoms with Gasteiger partial charge in [-0.05, 0) is 60.5 Å². The highest BCUT2D eigenvalue weighted by molar-refractivity contribution is 7.09. The van der Waals surface area contributed by atoms with E-state index in [-0.39, 0.29) is 24.5 Å². The lowest BCUT2D eigenvalue weighted by molar-refractivity contribution is -0.132. The number of thiophene rings is 1. The smallest absolute Gasteiger partial charge is 0.322 e. The van der Waals surface area contributed by atoms with Gasteiger partial charge in [-0.2, -0.15) is 0 Å². The van der Waals surface area contributed by atoms with E-state index in [1.807, 2.05) is 70.9 Å². The Labute approximate surface area is 210 Å². The fraction of sp³-hybridized carbons (Fsp3) is 0.333. The molecule has 1 fully saturated rings. The van der Waals surface area contributed by atoms with Crippen molar-refractivity contribution in [2.45, 2.75) is 31.8 Å². The quantitative estimate of drug-likeness (QED) is 0.407. The zero-order valence-corrected chi connectivity index (χ0v) is 20.9. The number of urea groups is 1. The number of amides is 3. The molecule has 4 rings (SSSR count). The summed E-state index contributed by atoms with van der Waals surface area (Å²) in [4.78, 5) is 31.1. The van der Waals surface area contributed by atoms with Crippen LogP contribution in [0.2, 0.25) is 0 Å². The van der Waals surface area contributed by atoms with Gasteiger partial charge < -0.3 is 24.6 Å². The minimum atomic E-state index is -0.233. The Balaban J connectivity index is 1.45. The number of carbonyl (C=O) groups excluding carboxylic acids is 2. The van der Waals surface area contributed by atoms with Gasteiger partial charge in [-0.15, -0.1) is 11.3 Å². The summed E-state index contributed by atoms with van der Waals surface area (Å²) in [6.07, 6.45) is 2.51. The zero-order valence-electron chi connectivity index (χ0n) is 20.1. The number of benzene rings is 2. The average Bonchev–Trinajstić information content (AvgIpc) is 3.59. The van der Waals surface area contributed by atoms with Crippen LogP contribution in [0.5, 0.6) is 11.5 Å². The highest BCUT2D eigenvalue weighted by atomic mass is 32.1. The fourth-order valence-electron chi connectivity index (χ4n) is 3.90. The van der Waals surface area contributed by atoms with Crippen LogP contribution in [0, 0.1) is 0 Å². The molecule has 2 aromatic carbocycles. The van der Waals surface area contributed by atoms with Crippen molar-refractivity contribution >= 4 is 29.0 Å². The van der Waals surface area contributed by atoms with Crippen molar-refractivity contribution in [2.75, 3.05) is 32.6 Å². The molecule has 3 amide bonds. The van der Waals surface area contributed by atoms with E-state index in [0.29, 0.717) is 31.0 Å². The van der Waals surface area contributed by atoms with Crippen LogP contribution in [-0.4, -0.2) is 55.1 Å². The van der Waals surface area contributed by atoms with E-state index in [1.54, 1.807) is 30.5 Å². The molecule has 0 saturated heterocycles. The van der Waals surface area contributed by atoms with Crippen LogP contribution >= 0.6 is 11.3 Å². The average molecular weight is 494 g/mol. The number of para-hydroxylation sites is 1. The highest BCUT2D eigenvalue weighted by Crippen LogP contribution is 2.29. The number of carbonyl (C=O) groups is 2. The van der Waals surface area contributed by atoms with E-state index < -0.39 is 0 Å². The number of hydrogen-bond donors (Lipinski definition) is 1. The van der Waals surface area contributed by atoms with E-state index in [0.717, 1.165) is 29.0 Å². The van der Waals surface area contributed by atoms with Gasteiger partial charge in [0.05, 0.1) is 20.8 Å². The normalized spacial score (nSPS) is 12.6. The van der Waals surface area contributed by atoms with Crippen molar-refractivity contribution in [3.63, 3.8) is 0 Å². The van der Waals surface area contributed by atoms with Crippen LogP contribution in [0.3, 0.4) is 0 Å². The van der Waals surface area contributed by atoms with Crippen molar-refractivity contribution in [1.82, 2.24) is 9.80 Å². The van der Waals surface area contributed by atoms with Crippen LogP contribution in [0.4, 0.5) is 10.5 Å². The first kappa shape index (κ1) is 24.6. The number of rotatable bonds is 11. The number of nitrogens with zero attached hydrogens (tertiary/aromatic N) is 2. The third-order valence-electron chi connectivity index (χ3n) is 5.98. The van der Waals surface area contributed by atoms with Gasteiger partial charge in [-0.1, -0.05) is 30.3 Å². The first-order chi connectivity index (χ1) is 17.1. The maximum Gasteiger partial charge on any atom is 0.322 e. The molecule has 0 aliphatic heterocycles. The zero-order chi connectivity index (χ0) is 24.6. The van der Waals surface area contributed by atoms with Gasteiger partial charge in [0.25, 0.3) is 0 Å². The Kier molecular flexibility index (Phi) is 8.26. The van der Waals surface area contributed by atoms with Crippen LogP contribution in [0.15, 0.2) is 66.0 Å². The summed E-state index contributed by atoms with van der Waals surface area (Å²) in [6.45, 7) is 1.11. The van der Waals surface area contributed by atoms with Gasteiger partial charge >= 0.3 is 6.03 Å². The summed E-state index contributed by atoms with van der Waals surface area (Å²) in [7, 11) is 3.22. The third-order valence-corrected chi connectivity index (χ3v) is 6.84. The molecule has 1 aliphatic rings.